The molecule has 0 saturated carbocycles. The maximum absolute atomic E-state index is 12.5. The van der Waals surface area contributed by atoms with E-state index in [4.69, 9.17) is 9.47 Å². The third-order valence-electron chi connectivity index (χ3n) is 4.82. The number of ether oxygens (including phenoxy) is 2. The van der Waals surface area contributed by atoms with E-state index < -0.39 is 0 Å². The van der Waals surface area contributed by atoms with Gasteiger partial charge in [-0.3, -0.25) is 9.69 Å². The number of carbonyl (C=O) groups excluding carboxylic acids is 1. The maximum Gasteiger partial charge on any atom is 0.239 e. The van der Waals surface area contributed by atoms with E-state index in [-0.39, 0.29) is 5.91 Å². The Morgan fingerprint density at radius 2 is 1.83 bits per heavy atom. The molecular formula is C23H21N3O3S. The van der Waals surface area contributed by atoms with Crippen molar-refractivity contribution in [3.05, 3.63) is 71.8 Å². The zero-order valence-corrected chi connectivity index (χ0v) is 17.6. The zero-order chi connectivity index (χ0) is 20.9. The standard InChI is InChI=1S/C23H21N3O3S/c1-28-20-11-10-16(12-21(20)29-2)13-24-25-23-26(22(27)15-30-23)14-18-8-5-7-17-6-3-4-9-19(17)18/h3-13H,14-15H2,1-2H3/b24-13-,25-23-. The smallest absolute Gasteiger partial charge is 0.239 e. The van der Waals surface area contributed by atoms with Gasteiger partial charge in [0.15, 0.2) is 16.7 Å². The van der Waals surface area contributed by atoms with Gasteiger partial charge in [-0.1, -0.05) is 54.2 Å². The van der Waals surface area contributed by atoms with Gasteiger partial charge in [0.1, 0.15) is 0 Å². The van der Waals surface area contributed by atoms with E-state index in [0.29, 0.717) is 29.0 Å². The second-order valence-corrected chi connectivity index (χ2v) is 7.59. The van der Waals surface area contributed by atoms with Crippen molar-refractivity contribution < 1.29 is 14.3 Å². The summed E-state index contributed by atoms with van der Waals surface area (Å²) in [7, 11) is 3.18. The van der Waals surface area contributed by atoms with Crippen LogP contribution in [0.5, 0.6) is 11.5 Å². The lowest BCUT2D eigenvalue weighted by Crippen LogP contribution is -2.28. The number of nitrogens with zero attached hydrogens (tertiary/aromatic N) is 3. The number of amidine groups is 1. The fraction of sp³-hybridized carbons (Fsp3) is 0.174. The first kappa shape index (κ1) is 20.0. The lowest BCUT2D eigenvalue weighted by Gasteiger charge is -2.16. The lowest BCUT2D eigenvalue weighted by molar-refractivity contribution is -0.124. The molecule has 7 heteroatoms. The Balaban J connectivity index is 1.55. The number of carbonyl (C=O) groups is 1. The van der Waals surface area contributed by atoms with Crippen molar-refractivity contribution >= 4 is 39.8 Å². The number of methoxy groups -OCH3 is 2. The fourth-order valence-corrected chi connectivity index (χ4v) is 4.14. The van der Waals surface area contributed by atoms with Crippen molar-refractivity contribution in [2.45, 2.75) is 6.54 Å². The Kier molecular flexibility index (Phi) is 5.99. The minimum Gasteiger partial charge on any atom is -0.493 e. The van der Waals surface area contributed by atoms with Crippen molar-refractivity contribution in [2.24, 2.45) is 10.2 Å². The second kappa shape index (κ2) is 9.00. The highest BCUT2D eigenvalue weighted by molar-refractivity contribution is 8.15. The molecule has 0 N–H and O–H groups in total. The minimum atomic E-state index is 0.0352. The Morgan fingerprint density at radius 3 is 2.67 bits per heavy atom. The molecule has 1 aliphatic rings. The van der Waals surface area contributed by atoms with Gasteiger partial charge in [-0.25, -0.2) is 0 Å². The molecule has 3 aromatic rings. The van der Waals surface area contributed by atoms with Gasteiger partial charge in [0.2, 0.25) is 5.91 Å². The van der Waals surface area contributed by atoms with Gasteiger partial charge in [0, 0.05) is 0 Å². The van der Waals surface area contributed by atoms with Gasteiger partial charge in [-0.15, -0.1) is 5.10 Å². The molecule has 30 heavy (non-hydrogen) atoms. The number of hydrogen-bond donors (Lipinski definition) is 0. The van der Waals surface area contributed by atoms with E-state index in [1.54, 1.807) is 25.3 Å². The van der Waals surface area contributed by atoms with Crippen LogP contribution in [0.4, 0.5) is 0 Å². The van der Waals surface area contributed by atoms with Crippen LogP contribution in [0.15, 0.2) is 70.9 Å². The van der Waals surface area contributed by atoms with E-state index in [1.807, 2.05) is 42.5 Å². The van der Waals surface area contributed by atoms with Crippen LogP contribution in [0.1, 0.15) is 11.1 Å². The van der Waals surface area contributed by atoms with Crippen molar-refractivity contribution in [1.29, 1.82) is 0 Å². The molecule has 6 nitrogen and oxygen atoms in total. The largest absolute Gasteiger partial charge is 0.493 e. The molecule has 0 spiro atoms. The van der Waals surface area contributed by atoms with Crippen molar-refractivity contribution in [3.8, 4) is 11.5 Å². The zero-order valence-electron chi connectivity index (χ0n) is 16.7. The van der Waals surface area contributed by atoms with Crippen LogP contribution in [-0.4, -0.2) is 42.2 Å². The molecule has 0 aliphatic carbocycles. The SMILES string of the molecule is COc1ccc(/C=N\N=C2/SCC(=O)N2Cc2cccc3ccccc23)cc1OC. The first-order valence-corrected chi connectivity index (χ1v) is 10.4. The molecule has 0 unspecified atom stereocenters. The molecule has 1 amide bonds. The highest BCUT2D eigenvalue weighted by Crippen LogP contribution is 2.28. The van der Waals surface area contributed by atoms with Crippen LogP contribution in [0, 0.1) is 0 Å². The molecule has 1 aliphatic heterocycles. The third kappa shape index (κ3) is 4.16. The van der Waals surface area contributed by atoms with Crippen LogP contribution < -0.4 is 9.47 Å². The molecule has 4 rings (SSSR count). The molecule has 3 aromatic carbocycles. The van der Waals surface area contributed by atoms with Crippen LogP contribution in [0.2, 0.25) is 0 Å². The summed E-state index contributed by atoms with van der Waals surface area (Å²) in [5, 5.41) is 11.4. The summed E-state index contributed by atoms with van der Waals surface area (Å²) >= 11 is 1.40. The summed E-state index contributed by atoms with van der Waals surface area (Å²) in [6.45, 7) is 0.470. The number of hydrogen-bond acceptors (Lipinski definition) is 6. The van der Waals surface area contributed by atoms with E-state index in [2.05, 4.69) is 28.4 Å². The predicted octanol–water partition coefficient (Wildman–Crippen LogP) is 4.32. The summed E-state index contributed by atoms with van der Waals surface area (Å²) in [5.41, 5.74) is 1.91. The minimum absolute atomic E-state index is 0.0352. The summed E-state index contributed by atoms with van der Waals surface area (Å²) in [6.07, 6.45) is 1.63. The summed E-state index contributed by atoms with van der Waals surface area (Å²) in [4.78, 5) is 14.1. The Labute approximate surface area is 179 Å². The van der Waals surface area contributed by atoms with Gasteiger partial charge in [0.05, 0.1) is 32.7 Å². The average Bonchev–Trinajstić information content (AvgIpc) is 3.13. The lowest BCUT2D eigenvalue weighted by atomic mass is 10.0. The molecule has 0 atom stereocenters. The number of thioether (sulfide) groups is 1. The van der Waals surface area contributed by atoms with Crippen molar-refractivity contribution in [1.82, 2.24) is 4.90 Å². The van der Waals surface area contributed by atoms with E-state index in [9.17, 15) is 4.79 Å². The van der Waals surface area contributed by atoms with Gasteiger partial charge in [-0.2, -0.15) is 5.10 Å². The monoisotopic (exact) mass is 419 g/mol. The fourth-order valence-electron chi connectivity index (χ4n) is 3.31. The van der Waals surface area contributed by atoms with Crippen LogP contribution in [0.25, 0.3) is 10.8 Å². The van der Waals surface area contributed by atoms with E-state index >= 15 is 0 Å². The molecule has 0 aromatic heterocycles. The average molecular weight is 420 g/mol. The molecule has 1 fully saturated rings. The topological polar surface area (TPSA) is 63.5 Å². The maximum atomic E-state index is 12.5. The molecule has 152 valence electrons. The van der Waals surface area contributed by atoms with E-state index in [1.165, 1.54) is 11.8 Å². The van der Waals surface area contributed by atoms with Gasteiger partial charge in [0.25, 0.3) is 0 Å². The summed E-state index contributed by atoms with van der Waals surface area (Å²) in [5.74, 6) is 1.68. The predicted molar refractivity (Wildman–Crippen MR) is 122 cm³/mol. The van der Waals surface area contributed by atoms with Gasteiger partial charge < -0.3 is 9.47 Å². The Morgan fingerprint density at radius 1 is 1.03 bits per heavy atom. The molecule has 0 bridgehead atoms. The van der Waals surface area contributed by atoms with Crippen LogP contribution in [-0.2, 0) is 11.3 Å². The van der Waals surface area contributed by atoms with Crippen molar-refractivity contribution in [2.75, 3.05) is 20.0 Å². The third-order valence-corrected chi connectivity index (χ3v) is 5.77. The van der Waals surface area contributed by atoms with Crippen LogP contribution >= 0.6 is 11.8 Å². The van der Waals surface area contributed by atoms with E-state index in [0.717, 1.165) is 21.9 Å². The quantitative estimate of drug-likeness (QED) is 0.441. The Hall–Kier alpha value is -3.32. The summed E-state index contributed by atoms with van der Waals surface area (Å²) < 4.78 is 10.6. The number of fused-ring (bicyclic) bond motifs is 1. The molecule has 1 saturated heterocycles. The molecule has 1 heterocycles. The second-order valence-electron chi connectivity index (χ2n) is 6.65. The molecule has 0 radical (unpaired) electrons. The van der Waals surface area contributed by atoms with Gasteiger partial charge >= 0.3 is 0 Å². The van der Waals surface area contributed by atoms with Gasteiger partial charge in [-0.05, 0) is 40.1 Å². The highest BCUT2D eigenvalue weighted by Gasteiger charge is 2.28. The van der Waals surface area contributed by atoms with Crippen LogP contribution in [0.3, 0.4) is 0 Å². The highest BCUT2D eigenvalue weighted by atomic mass is 32.2. The number of amides is 1. The molecular weight excluding hydrogens is 398 g/mol. The first-order valence-electron chi connectivity index (χ1n) is 9.42. The normalized spacial score (nSPS) is 15.5. The first-order chi connectivity index (χ1) is 14.7. The number of rotatable bonds is 6. The number of benzene rings is 3. The Bertz CT molecular complexity index is 1140. The van der Waals surface area contributed by atoms with Crippen molar-refractivity contribution in [3.63, 3.8) is 0 Å². The summed E-state index contributed by atoms with van der Waals surface area (Å²) in [6, 6.07) is 19.8.